The van der Waals surface area contributed by atoms with E-state index in [4.69, 9.17) is 20.3 Å². The minimum atomic E-state index is -0.465. The number of ether oxygens (including phenoxy) is 1. The van der Waals surface area contributed by atoms with Crippen LogP contribution in [-0.4, -0.2) is 11.9 Å². The summed E-state index contributed by atoms with van der Waals surface area (Å²) in [7, 11) is 0. The third-order valence-corrected chi connectivity index (χ3v) is 1.15. The van der Waals surface area contributed by atoms with Crippen LogP contribution >= 0.6 is 0 Å². The molecule has 0 saturated carbocycles. The first-order valence-corrected chi connectivity index (χ1v) is 3.45. The summed E-state index contributed by atoms with van der Waals surface area (Å²) in [6.45, 7) is 1.27. The molecule has 1 heterocycles. The number of hydrogen-bond acceptors (Lipinski definition) is 4. The number of esters is 1. The smallest absolute Gasteiger partial charge is 0.308 e. The van der Waals surface area contributed by atoms with Gasteiger partial charge in [0.1, 0.15) is 18.2 Å². The highest BCUT2D eigenvalue weighted by Gasteiger charge is 2.08. The van der Waals surface area contributed by atoms with Crippen LogP contribution in [0.15, 0.2) is 16.9 Å². The molecule has 0 fully saturated rings. The molecule has 70 valence electrons. The number of carbonyl (C=O) groups excluding carboxylic acids is 1. The Balaban J connectivity index is 2.76. The van der Waals surface area contributed by atoms with E-state index in [0.717, 1.165) is 0 Å². The number of hydrogen-bond donors (Lipinski definition) is 3. The summed E-state index contributed by atoms with van der Waals surface area (Å²) in [5.74, 6) is -0.509. The van der Waals surface area contributed by atoms with Gasteiger partial charge in [0.25, 0.3) is 0 Å². The van der Waals surface area contributed by atoms with Gasteiger partial charge in [0.05, 0.1) is 0 Å². The standard InChI is InChI=1S/C7H9N3O3/c1-4(11)13-6-3-12-2-5(6)10-7(8)9/h2-3H,1H3,(H4,8,9,10). The van der Waals surface area contributed by atoms with E-state index in [1.165, 1.54) is 19.5 Å². The highest BCUT2D eigenvalue weighted by Crippen LogP contribution is 2.25. The predicted molar refractivity (Wildman–Crippen MR) is 45.6 cm³/mol. The van der Waals surface area contributed by atoms with Crippen molar-refractivity contribution in [1.82, 2.24) is 0 Å². The lowest BCUT2D eigenvalue weighted by Crippen LogP contribution is -2.20. The van der Waals surface area contributed by atoms with Crippen molar-refractivity contribution in [1.29, 1.82) is 5.41 Å². The molecule has 6 heteroatoms. The van der Waals surface area contributed by atoms with E-state index in [0.29, 0.717) is 5.69 Å². The van der Waals surface area contributed by atoms with Crippen LogP contribution in [0.2, 0.25) is 0 Å². The normalized spacial score (nSPS) is 9.31. The zero-order valence-electron chi connectivity index (χ0n) is 6.96. The molecular formula is C7H9N3O3. The first kappa shape index (κ1) is 9.11. The maximum Gasteiger partial charge on any atom is 0.308 e. The summed E-state index contributed by atoms with van der Waals surface area (Å²) < 4.78 is 9.49. The van der Waals surface area contributed by atoms with E-state index in [1.54, 1.807) is 0 Å². The molecule has 1 aromatic heterocycles. The summed E-state index contributed by atoms with van der Waals surface area (Å²) >= 11 is 0. The van der Waals surface area contributed by atoms with Crippen molar-refractivity contribution in [3.63, 3.8) is 0 Å². The van der Waals surface area contributed by atoms with Gasteiger partial charge in [-0.2, -0.15) is 0 Å². The maximum atomic E-state index is 10.6. The van der Waals surface area contributed by atoms with E-state index < -0.39 is 5.97 Å². The van der Waals surface area contributed by atoms with Gasteiger partial charge in [0.2, 0.25) is 0 Å². The molecule has 0 amide bonds. The highest BCUT2D eigenvalue weighted by molar-refractivity contribution is 5.91. The van der Waals surface area contributed by atoms with E-state index >= 15 is 0 Å². The van der Waals surface area contributed by atoms with E-state index in [2.05, 4.69) is 5.32 Å². The van der Waals surface area contributed by atoms with Crippen LogP contribution < -0.4 is 15.8 Å². The summed E-state index contributed by atoms with van der Waals surface area (Å²) in [5, 5.41) is 9.38. The monoisotopic (exact) mass is 183 g/mol. The van der Waals surface area contributed by atoms with Crippen LogP contribution in [0.25, 0.3) is 0 Å². The van der Waals surface area contributed by atoms with Gasteiger partial charge in [-0.3, -0.25) is 10.2 Å². The van der Waals surface area contributed by atoms with Crippen molar-refractivity contribution in [3.8, 4) is 5.75 Å². The highest BCUT2D eigenvalue weighted by atomic mass is 16.5. The number of nitrogens with two attached hydrogens (primary N) is 1. The molecule has 0 unspecified atom stereocenters. The Morgan fingerprint density at radius 2 is 2.38 bits per heavy atom. The van der Waals surface area contributed by atoms with Gasteiger partial charge in [-0.25, -0.2) is 0 Å². The van der Waals surface area contributed by atoms with Crippen molar-refractivity contribution in [2.75, 3.05) is 5.32 Å². The molecule has 13 heavy (non-hydrogen) atoms. The average molecular weight is 183 g/mol. The molecule has 0 atom stereocenters. The lowest BCUT2D eigenvalue weighted by Gasteiger charge is -2.02. The van der Waals surface area contributed by atoms with Crippen molar-refractivity contribution in [2.45, 2.75) is 6.92 Å². The minimum absolute atomic E-state index is 0.211. The van der Waals surface area contributed by atoms with Crippen molar-refractivity contribution < 1.29 is 13.9 Å². The van der Waals surface area contributed by atoms with Crippen molar-refractivity contribution in [3.05, 3.63) is 12.5 Å². The third-order valence-electron chi connectivity index (χ3n) is 1.15. The number of carbonyl (C=O) groups is 1. The topological polar surface area (TPSA) is 101 Å². The molecule has 0 saturated heterocycles. The Morgan fingerprint density at radius 1 is 1.69 bits per heavy atom. The van der Waals surface area contributed by atoms with Crippen LogP contribution in [0.4, 0.5) is 5.69 Å². The largest absolute Gasteiger partial charge is 0.466 e. The minimum Gasteiger partial charge on any atom is -0.466 e. The summed E-state index contributed by atoms with van der Waals surface area (Å²) in [5.41, 5.74) is 5.42. The Morgan fingerprint density at radius 3 is 2.92 bits per heavy atom. The lowest BCUT2D eigenvalue weighted by molar-refractivity contribution is -0.131. The fourth-order valence-electron chi connectivity index (χ4n) is 0.755. The van der Waals surface area contributed by atoms with E-state index in [1.807, 2.05) is 0 Å². The molecule has 0 radical (unpaired) electrons. The zero-order valence-corrected chi connectivity index (χ0v) is 6.96. The average Bonchev–Trinajstić information content (AvgIpc) is 2.34. The molecule has 0 aliphatic rings. The van der Waals surface area contributed by atoms with Gasteiger partial charge >= 0.3 is 5.97 Å². The van der Waals surface area contributed by atoms with Gasteiger partial charge in [0.15, 0.2) is 11.7 Å². The fourth-order valence-corrected chi connectivity index (χ4v) is 0.755. The third kappa shape index (κ3) is 2.51. The molecule has 0 aliphatic heterocycles. The number of furan rings is 1. The van der Waals surface area contributed by atoms with Crippen LogP contribution in [0.1, 0.15) is 6.92 Å². The van der Waals surface area contributed by atoms with E-state index in [-0.39, 0.29) is 11.7 Å². The molecule has 0 spiro atoms. The van der Waals surface area contributed by atoms with Crippen LogP contribution in [0, 0.1) is 5.41 Å². The fraction of sp³-hybridized carbons (Fsp3) is 0.143. The van der Waals surface area contributed by atoms with Crippen LogP contribution in [0.5, 0.6) is 5.75 Å². The molecule has 6 nitrogen and oxygen atoms in total. The van der Waals surface area contributed by atoms with Gasteiger partial charge in [-0.1, -0.05) is 0 Å². The Labute approximate surface area is 74.2 Å². The second kappa shape index (κ2) is 3.61. The van der Waals surface area contributed by atoms with Gasteiger partial charge in [0, 0.05) is 6.92 Å². The molecule has 1 aromatic rings. The lowest BCUT2D eigenvalue weighted by atomic mass is 10.5. The summed E-state index contributed by atoms with van der Waals surface area (Å²) in [4.78, 5) is 10.6. The molecule has 0 aromatic carbocycles. The number of rotatable bonds is 2. The molecular weight excluding hydrogens is 174 g/mol. The van der Waals surface area contributed by atoms with Crippen LogP contribution in [0.3, 0.4) is 0 Å². The second-order valence-corrected chi connectivity index (χ2v) is 2.28. The van der Waals surface area contributed by atoms with Gasteiger partial charge in [-0.05, 0) is 0 Å². The summed E-state index contributed by atoms with van der Waals surface area (Å²) in [6, 6.07) is 0. The zero-order chi connectivity index (χ0) is 9.84. The van der Waals surface area contributed by atoms with Crippen molar-refractivity contribution >= 4 is 17.6 Å². The number of guanidine groups is 1. The Kier molecular flexibility index (Phi) is 2.53. The number of nitrogens with one attached hydrogen (secondary N) is 2. The Bertz CT molecular complexity index is 301. The first-order chi connectivity index (χ1) is 6.09. The predicted octanol–water partition coefficient (Wildman–Crippen LogP) is 0.510. The SMILES string of the molecule is CC(=O)Oc1cocc1NC(=N)N. The molecule has 4 N–H and O–H groups in total. The molecule has 0 aliphatic carbocycles. The maximum absolute atomic E-state index is 10.6. The van der Waals surface area contributed by atoms with Gasteiger partial charge < -0.3 is 20.2 Å². The molecule has 0 bridgehead atoms. The van der Waals surface area contributed by atoms with Crippen molar-refractivity contribution in [2.24, 2.45) is 5.73 Å². The van der Waals surface area contributed by atoms with E-state index in [9.17, 15) is 4.79 Å². The second-order valence-electron chi connectivity index (χ2n) is 2.28. The van der Waals surface area contributed by atoms with Crippen LogP contribution in [-0.2, 0) is 4.79 Å². The summed E-state index contributed by atoms with van der Waals surface area (Å²) in [6.07, 6.45) is 2.53. The first-order valence-electron chi connectivity index (χ1n) is 3.45. The Hall–Kier alpha value is -1.98. The molecule has 1 rings (SSSR count). The number of anilines is 1. The quantitative estimate of drug-likeness (QED) is 0.352. The van der Waals surface area contributed by atoms with Gasteiger partial charge in [-0.15, -0.1) is 0 Å².